The molecule has 0 aliphatic rings. The van der Waals surface area contributed by atoms with Crippen LogP contribution in [0.25, 0.3) is 6.08 Å². The topological polar surface area (TPSA) is 62.1 Å². The van der Waals surface area contributed by atoms with Crippen LogP contribution in [0.2, 0.25) is 10.0 Å². The van der Waals surface area contributed by atoms with Crippen LogP contribution in [0.1, 0.15) is 16.7 Å². The van der Waals surface area contributed by atoms with Crippen molar-refractivity contribution in [1.82, 2.24) is 0 Å². The Hall–Kier alpha value is -2.30. The summed E-state index contributed by atoms with van der Waals surface area (Å²) in [4.78, 5) is 12.6. The van der Waals surface area contributed by atoms with E-state index < -0.39 is 5.91 Å². The Morgan fingerprint density at radius 3 is 2.47 bits per heavy atom. The average molecular weight is 595 g/mol. The van der Waals surface area contributed by atoms with E-state index in [0.29, 0.717) is 36.0 Å². The molecular weight excluding hydrogens is 579 g/mol. The number of nitrogens with zero attached hydrogens (tertiary/aromatic N) is 1. The largest absolute Gasteiger partial charge is 0.486 e. The van der Waals surface area contributed by atoms with Gasteiger partial charge in [-0.15, -0.1) is 0 Å². The van der Waals surface area contributed by atoms with E-state index in [1.165, 1.54) is 6.08 Å². The number of rotatable bonds is 6. The zero-order valence-corrected chi connectivity index (χ0v) is 21.4. The molecule has 0 aromatic heterocycles. The molecule has 3 rings (SSSR count). The molecule has 162 valence electrons. The van der Waals surface area contributed by atoms with E-state index in [0.717, 1.165) is 11.1 Å². The van der Waals surface area contributed by atoms with E-state index in [1.807, 2.05) is 31.2 Å². The summed E-state index contributed by atoms with van der Waals surface area (Å²) < 4.78 is 7.24. The standard InChI is InChI=1S/C24H16Br2Cl2N2O2/c1-14-6-7-18(27)11-22(14)30-24(31)17(12-29)8-15-9-19(25)23(20(26)10-15)32-13-16-4-2-3-5-21(16)28/h2-11H,13H2,1H3,(H,30,31)/b17-8+. The number of nitriles is 1. The van der Waals surface area contributed by atoms with Gasteiger partial charge in [-0.1, -0.05) is 47.5 Å². The van der Waals surface area contributed by atoms with Gasteiger partial charge in [-0.25, -0.2) is 0 Å². The van der Waals surface area contributed by atoms with Crippen molar-refractivity contribution in [3.8, 4) is 11.8 Å². The first-order valence-electron chi connectivity index (χ1n) is 9.33. The molecule has 4 nitrogen and oxygen atoms in total. The zero-order chi connectivity index (χ0) is 23.3. The number of nitrogens with one attached hydrogen (secondary N) is 1. The molecule has 0 aliphatic carbocycles. The summed E-state index contributed by atoms with van der Waals surface area (Å²) in [5, 5.41) is 13.4. The molecule has 32 heavy (non-hydrogen) atoms. The number of hydrogen-bond acceptors (Lipinski definition) is 3. The lowest BCUT2D eigenvalue weighted by molar-refractivity contribution is -0.112. The number of halogens is 4. The van der Waals surface area contributed by atoms with Gasteiger partial charge in [-0.05, 0) is 86.3 Å². The Balaban J connectivity index is 1.80. The second-order valence-electron chi connectivity index (χ2n) is 6.78. The van der Waals surface area contributed by atoms with Crippen molar-refractivity contribution < 1.29 is 9.53 Å². The highest BCUT2D eigenvalue weighted by atomic mass is 79.9. The van der Waals surface area contributed by atoms with Gasteiger partial charge in [0.15, 0.2) is 0 Å². The molecule has 0 radical (unpaired) electrons. The molecule has 0 saturated carbocycles. The summed E-state index contributed by atoms with van der Waals surface area (Å²) in [6.45, 7) is 2.13. The molecule has 0 bridgehead atoms. The van der Waals surface area contributed by atoms with Crippen molar-refractivity contribution in [1.29, 1.82) is 5.26 Å². The molecular formula is C24H16Br2Cl2N2O2. The van der Waals surface area contributed by atoms with Crippen molar-refractivity contribution >= 4 is 72.7 Å². The summed E-state index contributed by atoms with van der Waals surface area (Å²) in [5.41, 5.74) is 2.84. The third kappa shape index (κ3) is 6.14. The van der Waals surface area contributed by atoms with E-state index in [9.17, 15) is 10.1 Å². The lowest BCUT2D eigenvalue weighted by Gasteiger charge is -2.12. The SMILES string of the molecule is Cc1ccc(Cl)cc1NC(=O)/C(C#N)=C/c1cc(Br)c(OCc2ccccc2Cl)c(Br)c1. The van der Waals surface area contributed by atoms with Crippen LogP contribution in [0, 0.1) is 18.3 Å². The minimum Gasteiger partial charge on any atom is -0.486 e. The maximum atomic E-state index is 12.6. The van der Waals surface area contributed by atoms with Crippen LogP contribution in [0.5, 0.6) is 5.75 Å². The number of ether oxygens (including phenoxy) is 1. The third-order valence-electron chi connectivity index (χ3n) is 4.47. The number of amides is 1. The molecule has 1 amide bonds. The van der Waals surface area contributed by atoms with Crippen LogP contribution in [0.4, 0.5) is 5.69 Å². The molecule has 8 heteroatoms. The van der Waals surface area contributed by atoms with Gasteiger partial charge in [-0.3, -0.25) is 4.79 Å². The summed E-state index contributed by atoms with van der Waals surface area (Å²) >= 11 is 19.2. The quantitative estimate of drug-likeness (QED) is 0.233. The maximum Gasteiger partial charge on any atom is 0.266 e. The first-order chi connectivity index (χ1) is 15.3. The Kier molecular flexibility index (Phi) is 8.38. The highest BCUT2D eigenvalue weighted by Crippen LogP contribution is 2.36. The van der Waals surface area contributed by atoms with Crippen molar-refractivity contribution in [2.45, 2.75) is 13.5 Å². The Bertz CT molecular complexity index is 1230. The van der Waals surface area contributed by atoms with Crippen LogP contribution < -0.4 is 10.1 Å². The maximum absolute atomic E-state index is 12.6. The van der Waals surface area contributed by atoms with Gasteiger partial charge >= 0.3 is 0 Å². The van der Waals surface area contributed by atoms with Crippen molar-refractivity contribution in [2.75, 3.05) is 5.32 Å². The lowest BCUT2D eigenvalue weighted by atomic mass is 10.1. The normalized spacial score (nSPS) is 11.1. The summed E-state index contributed by atoms with van der Waals surface area (Å²) in [6, 6.07) is 18.1. The second-order valence-corrected chi connectivity index (χ2v) is 9.33. The van der Waals surface area contributed by atoms with Gasteiger partial charge in [0.1, 0.15) is 24.0 Å². The van der Waals surface area contributed by atoms with Crippen molar-refractivity contribution in [3.63, 3.8) is 0 Å². The summed E-state index contributed by atoms with van der Waals surface area (Å²) in [7, 11) is 0. The monoisotopic (exact) mass is 592 g/mol. The fourth-order valence-corrected chi connectivity index (χ4v) is 4.61. The Morgan fingerprint density at radius 1 is 1.12 bits per heavy atom. The Morgan fingerprint density at radius 2 is 1.81 bits per heavy atom. The third-order valence-corrected chi connectivity index (χ3v) is 6.26. The number of carbonyl (C=O) groups is 1. The minimum absolute atomic E-state index is 0.0482. The van der Waals surface area contributed by atoms with E-state index in [-0.39, 0.29) is 12.2 Å². The van der Waals surface area contributed by atoms with E-state index in [1.54, 1.807) is 36.4 Å². The van der Waals surface area contributed by atoms with Crippen LogP contribution in [0.15, 0.2) is 69.1 Å². The fraction of sp³-hybridized carbons (Fsp3) is 0.0833. The molecule has 0 atom stereocenters. The van der Waals surface area contributed by atoms with E-state index in [2.05, 4.69) is 37.2 Å². The number of hydrogen-bond donors (Lipinski definition) is 1. The molecule has 0 aliphatic heterocycles. The number of anilines is 1. The van der Waals surface area contributed by atoms with Gasteiger partial charge < -0.3 is 10.1 Å². The predicted octanol–water partition coefficient (Wildman–Crippen LogP) is 7.95. The molecule has 0 unspecified atom stereocenters. The average Bonchev–Trinajstić information content (AvgIpc) is 2.75. The van der Waals surface area contributed by atoms with Crippen LogP contribution in [-0.2, 0) is 11.4 Å². The van der Waals surface area contributed by atoms with Gasteiger partial charge in [0.05, 0.1) is 8.95 Å². The van der Waals surface area contributed by atoms with Crippen LogP contribution in [0.3, 0.4) is 0 Å². The molecule has 0 saturated heterocycles. The lowest BCUT2D eigenvalue weighted by Crippen LogP contribution is -2.14. The van der Waals surface area contributed by atoms with Crippen LogP contribution in [-0.4, -0.2) is 5.91 Å². The molecule has 1 N–H and O–H groups in total. The van der Waals surface area contributed by atoms with E-state index >= 15 is 0 Å². The second kappa shape index (κ2) is 11.0. The predicted molar refractivity (Wildman–Crippen MR) is 136 cm³/mol. The van der Waals surface area contributed by atoms with Gasteiger partial charge in [0, 0.05) is 21.3 Å². The highest BCUT2D eigenvalue weighted by Gasteiger charge is 2.14. The first kappa shape index (κ1) is 24.3. The summed E-state index contributed by atoms with van der Waals surface area (Å²) in [5.74, 6) is 0.0590. The van der Waals surface area contributed by atoms with Crippen LogP contribution >= 0.6 is 55.1 Å². The molecule has 0 heterocycles. The molecule has 3 aromatic rings. The number of aryl methyl sites for hydroxylation is 1. The highest BCUT2D eigenvalue weighted by molar-refractivity contribution is 9.11. The number of carbonyl (C=O) groups excluding carboxylic acids is 1. The Labute approximate surface area is 213 Å². The van der Waals surface area contributed by atoms with Gasteiger partial charge in [0.2, 0.25) is 0 Å². The van der Waals surface area contributed by atoms with Gasteiger partial charge in [-0.2, -0.15) is 5.26 Å². The van der Waals surface area contributed by atoms with Crippen molar-refractivity contribution in [3.05, 3.63) is 95.9 Å². The summed E-state index contributed by atoms with van der Waals surface area (Å²) in [6.07, 6.45) is 1.50. The molecule has 3 aromatic carbocycles. The minimum atomic E-state index is -0.524. The molecule has 0 fully saturated rings. The smallest absolute Gasteiger partial charge is 0.266 e. The molecule has 0 spiro atoms. The van der Waals surface area contributed by atoms with Gasteiger partial charge in [0.25, 0.3) is 5.91 Å². The number of benzene rings is 3. The first-order valence-corrected chi connectivity index (χ1v) is 11.7. The van der Waals surface area contributed by atoms with Crippen molar-refractivity contribution in [2.24, 2.45) is 0 Å². The fourth-order valence-electron chi connectivity index (χ4n) is 2.80. The van der Waals surface area contributed by atoms with E-state index in [4.69, 9.17) is 27.9 Å². The zero-order valence-electron chi connectivity index (χ0n) is 16.8.